The summed E-state index contributed by atoms with van der Waals surface area (Å²) in [4.78, 5) is 0. The summed E-state index contributed by atoms with van der Waals surface area (Å²) in [5.74, 6) is 2.00. The molecule has 0 spiro atoms. The van der Waals surface area contributed by atoms with Crippen molar-refractivity contribution in [1.82, 2.24) is 5.32 Å². The molecule has 0 amide bonds. The van der Waals surface area contributed by atoms with Crippen LogP contribution in [0.15, 0.2) is 16.5 Å². The first-order valence-corrected chi connectivity index (χ1v) is 6.02. The fraction of sp³-hybridized carbons (Fsp3) is 0.615. The quantitative estimate of drug-likeness (QED) is 0.848. The molecule has 1 N–H and O–H groups in total. The molecule has 16 heavy (non-hydrogen) atoms. The van der Waals surface area contributed by atoms with E-state index in [2.05, 4.69) is 12.2 Å². The van der Waals surface area contributed by atoms with Gasteiger partial charge in [-0.15, -0.1) is 0 Å². The Morgan fingerprint density at radius 2 is 2.25 bits per heavy atom. The second-order valence-electron chi connectivity index (χ2n) is 4.63. The highest BCUT2D eigenvalue weighted by Gasteiger charge is 2.20. The van der Waals surface area contributed by atoms with Gasteiger partial charge in [-0.2, -0.15) is 5.26 Å². The zero-order chi connectivity index (χ0) is 11.4. The Balaban J connectivity index is 1.84. The van der Waals surface area contributed by atoms with E-state index in [1.807, 2.05) is 12.1 Å². The van der Waals surface area contributed by atoms with Gasteiger partial charge >= 0.3 is 0 Å². The second-order valence-corrected chi connectivity index (χ2v) is 4.63. The molecule has 0 bridgehead atoms. The molecule has 3 heteroatoms. The number of nitrogens with one attached hydrogen (secondary N) is 1. The molecule has 0 aromatic carbocycles. The minimum Gasteiger partial charge on any atom is -0.449 e. The minimum atomic E-state index is 0.397. The van der Waals surface area contributed by atoms with Gasteiger partial charge in [-0.25, -0.2) is 0 Å². The lowest BCUT2D eigenvalue weighted by Crippen LogP contribution is -2.36. The van der Waals surface area contributed by atoms with E-state index in [0.29, 0.717) is 11.8 Å². The van der Waals surface area contributed by atoms with Crippen LogP contribution in [-0.2, 0) is 6.54 Å². The third-order valence-corrected chi connectivity index (χ3v) is 3.42. The topological polar surface area (TPSA) is 49.0 Å². The summed E-state index contributed by atoms with van der Waals surface area (Å²) in [6, 6.07) is 6.20. The van der Waals surface area contributed by atoms with Crippen LogP contribution in [0.25, 0.3) is 0 Å². The molecule has 2 atom stereocenters. The molecule has 86 valence electrons. The van der Waals surface area contributed by atoms with Crippen LogP contribution in [0.3, 0.4) is 0 Å². The molecule has 0 aliphatic heterocycles. The molecule has 1 aliphatic carbocycles. The molecule has 1 saturated carbocycles. The maximum absolute atomic E-state index is 8.65. The maximum atomic E-state index is 8.65. The smallest absolute Gasteiger partial charge is 0.203 e. The molecule has 1 aromatic rings. The van der Waals surface area contributed by atoms with Crippen LogP contribution in [0.1, 0.15) is 44.1 Å². The van der Waals surface area contributed by atoms with Gasteiger partial charge in [0, 0.05) is 6.04 Å². The average molecular weight is 218 g/mol. The van der Waals surface area contributed by atoms with Crippen molar-refractivity contribution in [2.75, 3.05) is 0 Å². The van der Waals surface area contributed by atoms with Crippen molar-refractivity contribution in [1.29, 1.82) is 5.26 Å². The van der Waals surface area contributed by atoms with Crippen LogP contribution in [0.5, 0.6) is 0 Å². The van der Waals surface area contributed by atoms with Gasteiger partial charge in [0.2, 0.25) is 5.76 Å². The van der Waals surface area contributed by atoms with E-state index < -0.39 is 0 Å². The molecule has 3 nitrogen and oxygen atoms in total. The standard InChI is InChI=1S/C13H18N2O/c1-10-4-2-3-5-13(10)15-9-12-7-6-11(8-14)16-12/h6-7,10,13,15H,2-5,9H2,1H3. The van der Waals surface area contributed by atoms with Gasteiger partial charge < -0.3 is 9.73 Å². The fourth-order valence-electron chi connectivity index (χ4n) is 2.38. The number of furan rings is 1. The Morgan fingerprint density at radius 3 is 2.94 bits per heavy atom. The molecule has 1 aliphatic rings. The first-order chi connectivity index (χ1) is 7.79. The third kappa shape index (κ3) is 2.65. The van der Waals surface area contributed by atoms with Crippen molar-refractivity contribution in [3.8, 4) is 6.07 Å². The monoisotopic (exact) mass is 218 g/mol. The summed E-state index contributed by atoms with van der Waals surface area (Å²) in [6.45, 7) is 3.04. The van der Waals surface area contributed by atoms with Gasteiger partial charge in [-0.05, 0) is 30.9 Å². The molecule has 2 unspecified atom stereocenters. The molecular formula is C13H18N2O. The van der Waals surface area contributed by atoms with Crippen molar-refractivity contribution in [2.24, 2.45) is 5.92 Å². The van der Waals surface area contributed by atoms with E-state index in [1.165, 1.54) is 25.7 Å². The van der Waals surface area contributed by atoms with Crippen molar-refractivity contribution in [3.05, 3.63) is 23.7 Å². The second kappa shape index (κ2) is 5.18. The zero-order valence-corrected chi connectivity index (χ0v) is 9.70. The Labute approximate surface area is 96.4 Å². The normalized spacial score (nSPS) is 25.2. The summed E-state index contributed by atoms with van der Waals surface area (Å²) in [6.07, 6.45) is 5.26. The van der Waals surface area contributed by atoms with E-state index in [0.717, 1.165) is 18.2 Å². The summed E-state index contributed by atoms with van der Waals surface area (Å²) >= 11 is 0. The molecule has 2 rings (SSSR count). The van der Waals surface area contributed by atoms with Gasteiger partial charge in [-0.3, -0.25) is 0 Å². The minimum absolute atomic E-state index is 0.397. The maximum Gasteiger partial charge on any atom is 0.203 e. The number of hydrogen-bond acceptors (Lipinski definition) is 3. The molecule has 0 radical (unpaired) electrons. The van der Waals surface area contributed by atoms with Gasteiger partial charge in [0.05, 0.1) is 6.54 Å². The van der Waals surface area contributed by atoms with Crippen LogP contribution < -0.4 is 5.32 Å². The highest BCUT2D eigenvalue weighted by Crippen LogP contribution is 2.24. The van der Waals surface area contributed by atoms with Crippen molar-refractivity contribution < 1.29 is 4.42 Å². The lowest BCUT2D eigenvalue weighted by atomic mass is 9.86. The molecule has 1 heterocycles. The van der Waals surface area contributed by atoms with Crippen LogP contribution in [0.4, 0.5) is 0 Å². The fourth-order valence-corrected chi connectivity index (χ4v) is 2.38. The lowest BCUT2D eigenvalue weighted by molar-refractivity contribution is 0.272. The predicted molar refractivity (Wildman–Crippen MR) is 61.7 cm³/mol. The van der Waals surface area contributed by atoms with Gasteiger partial charge in [0.1, 0.15) is 11.8 Å². The van der Waals surface area contributed by atoms with Crippen LogP contribution >= 0.6 is 0 Å². The van der Waals surface area contributed by atoms with E-state index in [1.54, 1.807) is 6.07 Å². The van der Waals surface area contributed by atoms with Crippen LogP contribution in [0, 0.1) is 17.2 Å². The summed E-state index contributed by atoms with van der Waals surface area (Å²) in [5, 5.41) is 12.2. The highest BCUT2D eigenvalue weighted by atomic mass is 16.3. The predicted octanol–water partition coefficient (Wildman–Crippen LogP) is 2.82. The molecule has 1 aromatic heterocycles. The van der Waals surface area contributed by atoms with E-state index >= 15 is 0 Å². The summed E-state index contributed by atoms with van der Waals surface area (Å²) in [5.41, 5.74) is 0. The number of hydrogen-bond donors (Lipinski definition) is 1. The van der Waals surface area contributed by atoms with Crippen molar-refractivity contribution in [3.63, 3.8) is 0 Å². The van der Waals surface area contributed by atoms with E-state index in [9.17, 15) is 0 Å². The Kier molecular flexibility index (Phi) is 3.63. The van der Waals surface area contributed by atoms with E-state index in [4.69, 9.17) is 9.68 Å². The van der Waals surface area contributed by atoms with Crippen molar-refractivity contribution in [2.45, 2.75) is 45.2 Å². The largest absolute Gasteiger partial charge is 0.449 e. The van der Waals surface area contributed by atoms with Gasteiger partial charge in [-0.1, -0.05) is 19.8 Å². The number of nitrogens with zero attached hydrogens (tertiary/aromatic N) is 1. The first kappa shape index (κ1) is 11.2. The zero-order valence-electron chi connectivity index (χ0n) is 9.70. The number of rotatable bonds is 3. The summed E-state index contributed by atoms with van der Waals surface area (Å²) < 4.78 is 5.34. The van der Waals surface area contributed by atoms with Crippen LogP contribution in [-0.4, -0.2) is 6.04 Å². The van der Waals surface area contributed by atoms with Gasteiger partial charge in [0.15, 0.2) is 0 Å². The molecule has 0 saturated heterocycles. The highest BCUT2D eigenvalue weighted by molar-refractivity contribution is 5.18. The van der Waals surface area contributed by atoms with Crippen LogP contribution in [0.2, 0.25) is 0 Å². The van der Waals surface area contributed by atoms with Gasteiger partial charge in [0.25, 0.3) is 0 Å². The third-order valence-electron chi connectivity index (χ3n) is 3.42. The Morgan fingerprint density at radius 1 is 1.44 bits per heavy atom. The average Bonchev–Trinajstić information content (AvgIpc) is 2.76. The lowest BCUT2D eigenvalue weighted by Gasteiger charge is -2.29. The molecule has 1 fully saturated rings. The number of nitriles is 1. The van der Waals surface area contributed by atoms with Crippen molar-refractivity contribution >= 4 is 0 Å². The SMILES string of the molecule is CC1CCCCC1NCc1ccc(C#N)o1. The van der Waals surface area contributed by atoms with E-state index in [-0.39, 0.29) is 0 Å². The first-order valence-electron chi connectivity index (χ1n) is 6.02. The summed E-state index contributed by atoms with van der Waals surface area (Å²) in [7, 11) is 0. The Bertz CT molecular complexity index is 378. The molecular weight excluding hydrogens is 200 g/mol. The Hall–Kier alpha value is -1.27.